The third-order valence-electron chi connectivity index (χ3n) is 1.74. The van der Waals surface area contributed by atoms with Crippen molar-refractivity contribution in [2.24, 2.45) is 5.73 Å². The van der Waals surface area contributed by atoms with Crippen LogP contribution in [0.15, 0.2) is 22.1 Å². The average molecular weight is 252 g/mol. The lowest BCUT2D eigenvalue weighted by molar-refractivity contribution is 0.986. The van der Waals surface area contributed by atoms with Crippen molar-refractivity contribution in [1.82, 2.24) is 24.9 Å². The molecule has 0 amide bonds. The second-order valence-electron chi connectivity index (χ2n) is 3.00. The van der Waals surface area contributed by atoms with E-state index in [-0.39, 0.29) is 18.3 Å². The van der Waals surface area contributed by atoms with Crippen molar-refractivity contribution in [2.75, 3.05) is 11.5 Å². The lowest BCUT2D eigenvalue weighted by Gasteiger charge is -1.96. The van der Waals surface area contributed by atoms with E-state index in [1.54, 1.807) is 0 Å². The summed E-state index contributed by atoms with van der Waals surface area (Å²) in [5, 5.41) is 0. The molecule has 0 radical (unpaired) electrons. The Bertz CT molecular complexity index is 619. The molecule has 0 saturated carbocycles. The molecule has 0 aliphatic rings. The van der Waals surface area contributed by atoms with E-state index < -0.39 is 11.4 Å². The highest BCUT2D eigenvalue weighted by atomic mass is 16.1. The van der Waals surface area contributed by atoms with Gasteiger partial charge in [0.1, 0.15) is 12.1 Å². The van der Waals surface area contributed by atoms with Gasteiger partial charge in [-0.2, -0.15) is 9.97 Å². The number of anilines is 2. The lowest BCUT2D eigenvalue weighted by atomic mass is 10.3. The van der Waals surface area contributed by atoms with Crippen LogP contribution in [0.5, 0.6) is 0 Å². The number of nitrogen functional groups attached to an aromatic ring is 2. The van der Waals surface area contributed by atoms with Gasteiger partial charge in [0.25, 0.3) is 0 Å². The predicted molar refractivity (Wildman–Crippen MR) is 64.2 cm³/mol. The molecule has 2 heterocycles. The van der Waals surface area contributed by atoms with Gasteiger partial charge in [0.05, 0.1) is 0 Å². The summed E-state index contributed by atoms with van der Waals surface area (Å²) in [4.78, 5) is 35.4. The number of nitrogens with two attached hydrogens (primary N) is 3. The molecule has 2 aromatic rings. The van der Waals surface area contributed by atoms with Gasteiger partial charge in [0.2, 0.25) is 5.95 Å². The molecular formula is C8H12N8O2. The molecule has 0 unspecified atom stereocenters. The number of rotatable bonds is 1. The standard InChI is InChI=1S/C5H8N4O.C3H4N4O/c6-1-3-2-8-5(10)9-4(3)7;4-2-5-1-6-3(8)7-2/h2H,1,6H2,(H3,7,8,9,10);1H,(H3,4,5,6,7,8). The van der Waals surface area contributed by atoms with E-state index in [2.05, 4.69) is 24.9 Å². The van der Waals surface area contributed by atoms with Crippen molar-refractivity contribution >= 4 is 11.8 Å². The van der Waals surface area contributed by atoms with Gasteiger partial charge in [-0.25, -0.2) is 14.6 Å². The molecule has 10 heteroatoms. The van der Waals surface area contributed by atoms with Crippen molar-refractivity contribution in [3.8, 4) is 0 Å². The van der Waals surface area contributed by atoms with Crippen LogP contribution in [-0.2, 0) is 6.54 Å². The lowest BCUT2D eigenvalue weighted by Crippen LogP contribution is -2.15. The number of H-pyrrole nitrogens is 2. The van der Waals surface area contributed by atoms with Gasteiger partial charge in [-0.15, -0.1) is 0 Å². The molecule has 0 aromatic carbocycles. The Hall–Kier alpha value is -2.75. The fourth-order valence-corrected chi connectivity index (χ4v) is 0.919. The van der Waals surface area contributed by atoms with E-state index in [4.69, 9.17) is 17.2 Å². The molecule has 0 atom stereocenters. The summed E-state index contributed by atoms with van der Waals surface area (Å²) < 4.78 is 0. The molecule has 8 N–H and O–H groups in total. The number of hydrogen-bond donors (Lipinski definition) is 5. The van der Waals surface area contributed by atoms with Crippen molar-refractivity contribution in [2.45, 2.75) is 6.54 Å². The molecule has 18 heavy (non-hydrogen) atoms. The first-order chi connectivity index (χ1) is 8.52. The normalized spacial score (nSPS) is 9.39. The summed E-state index contributed by atoms with van der Waals surface area (Å²) in [6, 6.07) is 0. The minimum Gasteiger partial charge on any atom is -0.383 e. The molecule has 0 aliphatic carbocycles. The van der Waals surface area contributed by atoms with Crippen LogP contribution in [0.25, 0.3) is 0 Å². The topological polar surface area (TPSA) is 182 Å². The van der Waals surface area contributed by atoms with E-state index >= 15 is 0 Å². The van der Waals surface area contributed by atoms with Crippen LogP contribution in [0.4, 0.5) is 11.8 Å². The van der Waals surface area contributed by atoms with Crippen molar-refractivity contribution in [3.63, 3.8) is 0 Å². The second-order valence-corrected chi connectivity index (χ2v) is 3.00. The first kappa shape index (κ1) is 13.3. The highest BCUT2D eigenvalue weighted by Crippen LogP contribution is 1.99. The van der Waals surface area contributed by atoms with Gasteiger partial charge in [-0.3, -0.25) is 4.98 Å². The second kappa shape index (κ2) is 6.10. The number of nitrogens with zero attached hydrogens (tertiary/aromatic N) is 3. The summed E-state index contributed by atoms with van der Waals surface area (Å²) in [6.45, 7) is 0.287. The highest BCUT2D eigenvalue weighted by molar-refractivity contribution is 5.35. The summed E-state index contributed by atoms with van der Waals surface area (Å²) >= 11 is 0. The minimum atomic E-state index is -0.475. The number of nitrogens with one attached hydrogen (secondary N) is 2. The van der Waals surface area contributed by atoms with Gasteiger partial charge in [0.15, 0.2) is 0 Å². The Balaban J connectivity index is 0.000000184. The van der Waals surface area contributed by atoms with E-state index in [1.807, 2.05) is 0 Å². The van der Waals surface area contributed by atoms with Crippen LogP contribution < -0.4 is 28.6 Å². The van der Waals surface area contributed by atoms with Crippen LogP contribution in [0.2, 0.25) is 0 Å². The highest BCUT2D eigenvalue weighted by Gasteiger charge is 1.96. The summed E-state index contributed by atoms with van der Waals surface area (Å²) in [5.41, 5.74) is 15.3. The van der Waals surface area contributed by atoms with Crippen molar-refractivity contribution in [3.05, 3.63) is 39.1 Å². The maximum Gasteiger partial charge on any atom is 0.349 e. The molecule has 0 fully saturated rings. The predicted octanol–water partition coefficient (Wildman–Crippen LogP) is -2.44. The third-order valence-corrected chi connectivity index (χ3v) is 1.74. The zero-order valence-corrected chi connectivity index (χ0v) is 9.25. The van der Waals surface area contributed by atoms with E-state index in [0.717, 1.165) is 0 Å². The Morgan fingerprint density at radius 3 is 2.22 bits per heavy atom. The summed E-state index contributed by atoms with van der Waals surface area (Å²) in [5.74, 6) is 0.194. The smallest absolute Gasteiger partial charge is 0.349 e. The van der Waals surface area contributed by atoms with Crippen LogP contribution in [0.3, 0.4) is 0 Å². The van der Waals surface area contributed by atoms with Gasteiger partial charge >= 0.3 is 11.4 Å². The van der Waals surface area contributed by atoms with Gasteiger partial charge < -0.3 is 22.2 Å². The van der Waals surface area contributed by atoms with E-state index in [0.29, 0.717) is 5.56 Å². The number of hydrogen-bond acceptors (Lipinski definition) is 8. The quantitative estimate of drug-likeness (QED) is 0.370. The summed E-state index contributed by atoms with van der Waals surface area (Å²) in [7, 11) is 0. The minimum absolute atomic E-state index is 0.00579. The van der Waals surface area contributed by atoms with Crippen LogP contribution in [-0.4, -0.2) is 24.9 Å². The molecule has 0 saturated heterocycles. The average Bonchev–Trinajstić information content (AvgIpc) is 2.29. The fourth-order valence-electron chi connectivity index (χ4n) is 0.919. The van der Waals surface area contributed by atoms with Crippen molar-refractivity contribution in [1.29, 1.82) is 0 Å². The molecule has 2 rings (SSSR count). The number of aromatic nitrogens is 5. The third kappa shape index (κ3) is 4.02. The molecule has 10 nitrogen and oxygen atoms in total. The van der Waals surface area contributed by atoms with Gasteiger partial charge in [0, 0.05) is 18.3 Å². The maximum absolute atomic E-state index is 10.5. The van der Waals surface area contributed by atoms with Crippen LogP contribution in [0.1, 0.15) is 5.56 Å². The monoisotopic (exact) mass is 252 g/mol. The molecule has 2 aromatic heterocycles. The van der Waals surface area contributed by atoms with Gasteiger partial charge in [-0.05, 0) is 0 Å². The first-order valence-corrected chi connectivity index (χ1v) is 4.74. The Labute approximate surface area is 100 Å². The molecule has 0 bridgehead atoms. The van der Waals surface area contributed by atoms with Crippen molar-refractivity contribution < 1.29 is 0 Å². The number of aromatic amines is 2. The largest absolute Gasteiger partial charge is 0.383 e. The van der Waals surface area contributed by atoms with Crippen LogP contribution >= 0.6 is 0 Å². The summed E-state index contributed by atoms with van der Waals surface area (Å²) in [6.07, 6.45) is 2.66. The van der Waals surface area contributed by atoms with Crippen LogP contribution in [0, 0.1) is 0 Å². The zero-order valence-electron chi connectivity index (χ0n) is 9.25. The zero-order chi connectivity index (χ0) is 13.5. The van der Waals surface area contributed by atoms with E-state index in [9.17, 15) is 9.59 Å². The molecule has 96 valence electrons. The first-order valence-electron chi connectivity index (χ1n) is 4.74. The molecular weight excluding hydrogens is 240 g/mol. The Morgan fingerprint density at radius 1 is 1.11 bits per heavy atom. The maximum atomic E-state index is 10.5. The van der Waals surface area contributed by atoms with Gasteiger partial charge in [-0.1, -0.05) is 0 Å². The molecule has 0 aliphatic heterocycles. The fraction of sp³-hybridized carbons (Fsp3) is 0.125. The Kier molecular flexibility index (Phi) is 4.51. The molecule has 0 spiro atoms. The SMILES string of the molecule is NCc1c[nH]c(=O)nc1N.Nc1nc[nH]c(=O)n1. The Morgan fingerprint density at radius 2 is 1.78 bits per heavy atom. The van der Waals surface area contributed by atoms with E-state index in [1.165, 1.54) is 12.5 Å².